The van der Waals surface area contributed by atoms with Crippen LogP contribution >= 0.6 is 22.9 Å². The summed E-state index contributed by atoms with van der Waals surface area (Å²) < 4.78 is 0. The molecule has 2 unspecified atom stereocenters. The predicted molar refractivity (Wildman–Crippen MR) is 118 cm³/mol. The first kappa shape index (κ1) is 21.7. The lowest BCUT2D eigenvalue weighted by Crippen LogP contribution is -2.47. The minimum atomic E-state index is -0.642. The minimum absolute atomic E-state index is 0.0172. The summed E-state index contributed by atoms with van der Waals surface area (Å²) >= 11 is 7.42. The monoisotopic (exact) mass is 434 g/mol. The maximum atomic E-state index is 13.0. The number of nitrogens with one attached hydrogen (secondary N) is 2. The van der Waals surface area contributed by atoms with Crippen LogP contribution in [0.4, 0.5) is 5.13 Å². The number of thiazole rings is 1. The van der Waals surface area contributed by atoms with Crippen molar-refractivity contribution >= 4 is 39.9 Å². The average molecular weight is 435 g/mol. The van der Waals surface area contributed by atoms with Gasteiger partial charge in [0, 0.05) is 35.0 Å². The van der Waals surface area contributed by atoms with Gasteiger partial charge in [-0.15, -0.1) is 11.3 Å². The van der Waals surface area contributed by atoms with E-state index in [1.54, 1.807) is 24.3 Å². The molecule has 6 nitrogen and oxygen atoms in total. The Morgan fingerprint density at radius 2 is 2.00 bits per heavy atom. The summed E-state index contributed by atoms with van der Waals surface area (Å²) in [7, 11) is 0. The van der Waals surface area contributed by atoms with Crippen molar-refractivity contribution in [3.8, 4) is 0 Å². The van der Waals surface area contributed by atoms with Gasteiger partial charge in [0.1, 0.15) is 6.04 Å². The number of carbonyl (C=O) groups excluding carboxylic acids is 2. The molecule has 2 aromatic rings. The highest BCUT2D eigenvalue weighted by molar-refractivity contribution is 7.15. The molecular formula is C21H27ClN4O2S. The molecule has 1 aromatic heterocycles. The van der Waals surface area contributed by atoms with Gasteiger partial charge in [-0.25, -0.2) is 4.98 Å². The summed E-state index contributed by atoms with van der Waals surface area (Å²) in [6.07, 6.45) is 1.66. The third-order valence-electron chi connectivity index (χ3n) is 5.38. The quantitative estimate of drug-likeness (QED) is 0.691. The highest BCUT2D eigenvalue weighted by Gasteiger charge is 2.28. The van der Waals surface area contributed by atoms with Crippen molar-refractivity contribution in [2.75, 3.05) is 18.4 Å². The summed E-state index contributed by atoms with van der Waals surface area (Å²) in [5.41, 5.74) is 1.54. The predicted octanol–water partition coefficient (Wildman–Crippen LogP) is 3.96. The number of nitrogens with zero attached hydrogens (tertiary/aromatic N) is 2. The summed E-state index contributed by atoms with van der Waals surface area (Å²) in [4.78, 5) is 33.8. The van der Waals surface area contributed by atoms with E-state index < -0.39 is 6.04 Å². The zero-order valence-corrected chi connectivity index (χ0v) is 18.6. The molecule has 1 aliphatic rings. The van der Waals surface area contributed by atoms with E-state index in [9.17, 15) is 9.59 Å². The van der Waals surface area contributed by atoms with Crippen LogP contribution in [0.5, 0.6) is 0 Å². The Hall–Kier alpha value is -1.96. The van der Waals surface area contributed by atoms with Crippen LogP contribution in [0.3, 0.4) is 0 Å². The first-order chi connectivity index (χ1) is 13.9. The highest BCUT2D eigenvalue weighted by Crippen LogP contribution is 2.28. The van der Waals surface area contributed by atoms with Gasteiger partial charge in [0.25, 0.3) is 5.91 Å². The fraction of sp³-hybridized carbons (Fsp3) is 0.476. The Kier molecular flexibility index (Phi) is 7.27. The number of anilines is 1. The van der Waals surface area contributed by atoms with E-state index in [1.807, 2.05) is 13.8 Å². The van der Waals surface area contributed by atoms with Gasteiger partial charge in [0.15, 0.2) is 5.13 Å². The third-order valence-corrected chi connectivity index (χ3v) is 6.63. The van der Waals surface area contributed by atoms with Crippen molar-refractivity contribution in [2.45, 2.75) is 46.2 Å². The van der Waals surface area contributed by atoms with Crippen molar-refractivity contribution in [1.29, 1.82) is 0 Å². The number of benzene rings is 1. The zero-order chi connectivity index (χ0) is 21.0. The number of amides is 2. The average Bonchev–Trinajstić information content (AvgIpc) is 3.12. The topological polar surface area (TPSA) is 74.3 Å². The number of aromatic nitrogens is 1. The smallest absolute Gasteiger partial charge is 0.251 e. The molecule has 8 heteroatoms. The van der Waals surface area contributed by atoms with Gasteiger partial charge in [-0.1, -0.05) is 38.8 Å². The number of rotatable bonds is 7. The molecule has 0 saturated carbocycles. The molecule has 2 atom stereocenters. The molecular weight excluding hydrogens is 408 g/mol. The normalized spacial score (nSPS) is 16.0. The second kappa shape index (κ2) is 9.69. The molecule has 29 heavy (non-hydrogen) atoms. The van der Waals surface area contributed by atoms with Crippen molar-refractivity contribution in [1.82, 2.24) is 15.2 Å². The second-order valence-electron chi connectivity index (χ2n) is 7.34. The second-order valence-corrected chi connectivity index (χ2v) is 8.86. The fourth-order valence-corrected chi connectivity index (χ4v) is 4.46. The van der Waals surface area contributed by atoms with Crippen molar-refractivity contribution in [2.24, 2.45) is 5.92 Å². The summed E-state index contributed by atoms with van der Waals surface area (Å²) in [6.45, 7) is 8.98. The van der Waals surface area contributed by atoms with Gasteiger partial charge in [-0.05, 0) is 36.7 Å². The number of fused-ring (bicyclic) bond motifs is 1. The third kappa shape index (κ3) is 5.35. The van der Waals surface area contributed by atoms with E-state index in [0.29, 0.717) is 15.7 Å². The Morgan fingerprint density at radius 1 is 1.28 bits per heavy atom. The molecule has 2 heterocycles. The van der Waals surface area contributed by atoms with E-state index >= 15 is 0 Å². The van der Waals surface area contributed by atoms with Crippen LogP contribution in [0.1, 0.15) is 48.1 Å². The lowest BCUT2D eigenvalue weighted by molar-refractivity contribution is -0.119. The standard InChI is InChI=1S/C21H27ClN4O2S/c1-4-13(3)18(24-19(27)14-6-8-15(22)9-7-14)20(28)25-21-23-16-10-11-26(5-2)12-17(16)29-21/h6-9,13,18H,4-5,10-12H2,1-3H3,(H,24,27)(H,23,25,28). The molecule has 0 fully saturated rings. The summed E-state index contributed by atoms with van der Waals surface area (Å²) in [5, 5.41) is 6.97. The number of hydrogen-bond acceptors (Lipinski definition) is 5. The van der Waals surface area contributed by atoms with Crippen molar-refractivity contribution in [3.05, 3.63) is 45.4 Å². The van der Waals surface area contributed by atoms with E-state index in [4.69, 9.17) is 11.6 Å². The lowest BCUT2D eigenvalue weighted by atomic mass is 9.98. The Labute approximate surface area is 180 Å². The number of likely N-dealkylation sites (N-methyl/N-ethyl adjacent to an activating group) is 1. The maximum absolute atomic E-state index is 13.0. The largest absolute Gasteiger partial charge is 0.340 e. The maximum Gasteiger partial charge on any atom is 0.251 e. The number of hydrogen-bond donors (Lipinski definition) is 2. The van der Waals surface area contributed by atoms with E-state index in [2.05, 4.69) is 27.4 Å². The number of halogens is 1. The minimum Gasteiger partial charge on any atom is -0.340 e. The van der Waals surface area contributed by atoms with Crippen LogP contribution in [0.2, 0.25) is 5.02 Å². The molecule has 0 bridgehead atoms. The summed E-state index contributed by atoms with van der Waals surface area (Å²) in [6, 6.07) is 5.98. The van der Waals surface area contributed by atoms with Crippen LogP contribution in [0.25, 0.3) is 0 Å². The van der Waals surface area contributed by atoms with Gasteiger partial charge >= 0.3 is 0 Å². The molecule has 1 aliphatic heterocycles. The van der Waals surface area contributed by atoms with Gasteiger partial charge < -0.3 is 10.6 Å². The molecule has 1 aromatic carbocycles. The molecule has 3 rings (SSSR count). The van der Waals surface area contributed by atoms with Gasteiger partial charge in [-0.3, -0.25) is 14.5 Å². The van der Waals surface area contributed by atoms with Gasteiger partial charge in [0.05, 0.1) is 5.69 Å². The molecule has 0 aliphatic carbocycles. The van der Waals surface area contributed by atoms with Crippen LogP contribution < -0.4 is 10.6 Å². The van der Waals surface area contributed by atoms with Crippen LogP contribution in [0.15, 0.2) is 24.3 Å². The van der Waals surface area contributed by atoms with E-state index in [1.165, 1.54) is 16.2 Å². The SMILES string of the molecule is CCC(C)C(NC(=O)c1ccc(Cl)cc1)C(=O)Nc1nc2c(s1)CN(CC)CC2. The molecule has 2 N–H and O–H groups in total. The molecule has 0 saturated heterocycles. The van der Waals surface area contributed by atoms with Gasteiger partial charge in [0.2, 0.25) is 5.91 Å². The van der Waals surface area contributed by atoms with Gasteiger partial charge in [-0.2, -0.15) is 0 Å². The van der Waals surface area contributed by atoms with Crippen molar-refractivity contribution in [3.63, 3.8) is 0 Å². The first-order valence-electron chi connectivity index (χ1n) is 9.99. The Bertz CT molecular complexity index is 868. The number of carbonyl (C=O) groups is 2. The highest BCUT2D eigenvalue weighted by atomic mass is 35.5. The van der Waals surface area contributed by atoms with E-state index in [0.717, 1.165) is 38.2 Å². The lowest BCUT2D eigenvalue weighted by Gasteiger charge is -2.23. The van der Waals surface area contributed by atoms with E-state index in [-0.39, 0.29) is 17.7 Å². The van der Waals surface area contributed by atoms with Crippen molar-refractivity contribution < 1.29 is 9.59 Å². The fourth-order valence-electron chi connectivity index (χ4n) is 3.28. The summed E-state index contributed by atoms with van der Waals surface area (Å²) in [5.74, 6) is -0.546. The first-order valence-corrected chi connectivity index (χ1v) is 11.2. The molecule has 156 valence electrons. The molecule has 0 spiro atoms. The van der Waals surface area contributed by atoms with Crippen LogP contribution in [-0.2, 0) is 17.8 Å². The Morgan fingerprint density at radius 3 is 2.66 bits per heavy atom. The zero-order valence-electron chi connectivity index (χ0n) is 17.0. The Balaban J connectivity index is 1.70. The van der Waals surface area contributed by atoms with Crippen LogP contribution in [0, 0.1) is 5.92 Å². The molecule has 0 radical (unpaired) electrons. The van der Waals surface area contributed by atoms with Crippen LogP contribution in [-0.4, -0.2) is 40.8 Å². The molecule has 2 amide bonds.